The van der Waals surface area contributed by atoms with Crippen molar-refractivity contribution in [2.45, 2.75) is 26.7 Å². The average molecular weight is 587 g/mol. The van der Waals surface area contributed by atoms with Crippen molar-refractivity contribution in [3.05, 3.63) is 78.0 Å². The highest BCUT2D eigenvalue weighted by Crippen LogP contribution is 2.22. The van der Waals surface area contributed by atoms with Gasteiger partial charge < -0.3 is 31.9 Å². The Morgan fingerprint density at radius 2 is 1.70 bits per heavy atom. The van der Waals surface area contributed by atoms with Gasteiger partial charge in [0.15, 0.2) is 5.78 Å². The molecule has 43 heavy (non-hydrogen) atoms. The molecule has 0 bridgehead atoms. The number of likely N-dealkylation sites (N-methyl/N-ethyl adjacent to an activating group) is 1. The van der Waals surface area contributed by atoms with Gasteiger partial charge in [-0.1, -0.05) is 26.0 Å². The Labute approximate surface area is 251 Å². The van der Waals surface area contributed by atoms with Crippen LogP contribution in [0, 0.1) is 5.92 Å². The number of amides is 3. The highest BCUT2D eigenvalue weighted by Gasteiger charge is 2.18. The highest BCUT2D eigenvalue weighted by molar-refractivity contribution is 6.08. The van der Waals surface area contributed by atoms with E-state index in [1.807, 2.05) is 25.9 Å². The minimum absolute atomic E-state index is 0.0866. The number of allylic oxidation sites excluding steroid dienone is 1. The number of benzene rings is 2. The second-order valence-corrected chi connectivity index (χ2v) is 10.2. The summed E-state index contributed by atoms with van der Waals surface area (Å²) in [5.74, 6) is -1.33. The van der Waals surface area contributed by atoms with E-state index in [1.54, 1.807) is 61.5 Å². The van der Waals surface area contributed by atoms with Gasteiger partial charge in [-0.15, -0.1) is 0 Å². The number of nitrogens with zero attached hydrogens (tertiary/aromatic N) is 3. The van der Waals surface area contributed by atoms with Gasteiger partial charge in [0.05, 0.1) is 0 Å². The van der Waals surface area contributed by atoms with Crippen LogP contribution in [0.5, 0.6) is 0 Å². The number of nitrogens with two attached hydrogens (primary N) is 1. The maximum atomic E-state index is 13.2. The number of hydrogen-bond acceptors (Lipinski definition) is 9. The quantitative estimate of drug-likeness (QED) is 0.165. The van der Waals surface area contributed by atoms with Crippen molar-refractivity contribution in [2.75, 3.05) is 48.5 Å². The van der Waals surface area contributed by atoms with Gasteiger partial charge in [0.2, 0.25) is 17.8 Å². The number of primary amides is 1. The lowest BCUT2D eigenvalue weighted by Gasteiger charge is -2.14. The molecule has 2 aromatic carbocycles. The lowest BCUT2D eigenvalue weighted by atomic mass is 10.0. The number of nitrogens with one attached hydrogen (secondary N) is 4. The van der Waals surface area contributed by atoms with Gasteiger partial charge in [-0.2, -0.15) is 4.98 Å². The van der Waals surface area contributed by atoms with E-state index in [4.69, 9.17) is 5.73 Å². The monoisotopic (exact) mass is 586 g/mol. The van der Waals surface area contributed by atoms with Crippen molar-refractivity contribution in [3.63, 3.8) is 0 Å². The Bertz CT molecular complexity index is 1470. The number of rotatable bonds is 15. The summed E-state index contributed by atoms with van der Waals surface area (Å²) in [4.78, 5) is 60.1. The first kappa shape index (κ1) is 32.4. The fraction of sp³-hybridized carbons (Fsp3) is 0.290. The molecule has 3 aromatic rings. The van der Waals surface area contributed by atoms with Gasteiger partial charge in [0, 0.05) is 54.3 Å². The maximum absolute atomic E-state index is 13.2. The van der Waals surface area contributed by atoms with Gasteiger partial charge in [0.1, 0.15) is 11.4 Å². The van der Waals surface area contributed by atoms with Crippen molar-refractivity contribution in [1.29, 1.82) is 0 Å². The zero-order valence-corrected chi connectivity index (χ0v) is 24.8. The number of aromatic nitrogens is 2. The molecule has 0 saturated carbocycles. The zero-order chi connectivity index (χ0) is 31.4. The van der Waals surface area contributed by atoms with Crippen molar-refractivity contribution < 1.29 is 19.2 Å². The smallest absolute Gasteiger partial charge is 0.260 e. The lowest BCUT2D eigenvalue weighted by Crippen LogP contribution is -2.22. The molecule has 12 nitrogen and oxygen atoms in total. The average Bonchev–Trinajstić information content (AvgIpc) is 2.96. The van der Waals surface area contributed by atoms with Gasteiger partial charge in [-0.05, 0) is 69.1 Å². The minimum atomic E-state index is -0.535. The molecule has 0 radical (unpaired) electrons. The van der Waals surface area contributed by atoms with Crippen molar-refractivity contribution in [2.24, 2.45) is 11.7 Å². The molecule has 0 unspecified atom stereocenters. The molecule has 6 N–H and O–H groups in total. The molecular formula is C31H38N8O4. The Morgan fingerprint density at radius 3 is 2.35 bits per heavy atom. The van der Waals surface area contributed by atoms with Crippen LogP contribution in [0.2, 0.25) is 0 Å². The van der Waals surface area contributed by atoms with Crippen LogP contribution < -0.4 is 27.0 Å². The van der Waals surface area contributed by atoms with E-state index in [0.29, 0.717) is 41.5 Å². The summed E-state index contributed by atoms with van der Waals surface area (Å²) in [6.45, 7) is 4.91. The van der Waals surface area contributed by atoms with Crippen LogP contribution in [0.25, 0.3) is 0 Å². The van der Waals surface area contributed by atoms with Crippen LogP contribution in [0.1, 0.15) is 47.4 Å². The van der Waals surface area contributed by atoms with E-state index in [0.717, 1.165) is 6.42 Å². The molecular weight excluding hydrogens is 548 g/mol. The number of anilines is 5. The lowest BCUT2D eigenvalue weighted by molar-refractivity contribution is -0.123. The Balaban J connectivity index is 1.67. The number of carbonyl (C=O) groups is 4. The molecule has 0 saturated heterocycles. The van der Waals surface area contributed by atoms with Gasteiger partial charge >= 0.3 is 0 Å². The van der Waals surface area contributed by atoms with E-state index >= 15 is 0 Å². The van der Waals surface area contributed by atoms with Crippen molar-refractivity contribution in [3.8, 4) is 0 Å². The molecule has 0 spiro atoms. The maximum Gasteiger partial charge on any atom is 0.260 e. The summed E-state index contributed by atoms with van der Waals surface area (Å²) < 4.78 is 0. The second kappa shape index (κ2) is 15.8. The molecule has 226 valence electrons. The van der Waals surface area contributed by atoms with E-state index in [9.17, 15) is 19.2 Å². The molecule has 0 aliphatic rings. The summed E-state index contributed by atoms with van der Waals surface area (Å²) in [6, 6.07) is 13.3. The van der Waals surface area contributed by atoms with E-state index in [2.05, 4.69) is 31.2 Å². The predicted octanol–water partition coefficient (Wildman–Crippen LogP) is 4.04. The Kier molecular flexibility index (Phi) is 11.9. The van der Waals surface area contributed by atoms with E-state index in [-0.39, 0.29) is 29.6 Å². The molecule has 0 aliphatic carbocycles. The third kappa shape index (κ3) is 10.3. The fourth-order valence-electron chi connectivity index (χ4n) is 3.83. The molecule has 1 heterocycles. The third-order valence-electron chi connectivity index (χ3n) is 6.12. The molecule has 0 aliphatic heterocycles. The topological polar surface area (TPSA) is 171 Å². The SMILES string of the molecule is CCCNc1nc(Nc2ccc(C(N)=O)cc2)ncc1C(=O)Nc1cccc(NC(=O)[C@H](C)CC(=O)/C=C/CN(C)C)c1. The standard InChI is InChI=1S/C31H38N8O4/c1-5-15-33-28-26(19-34-31(38-28)37-22-13-11-21(12-14-22)27(32)41)30(43)36-24-9-6-8-23(18-24)35-29(42)20(2)17-25(40)10-7-16-39(3)4/h6-14,18-20H,5,15-17H2,1-4H3,(H2,32,41)(H,35,42)(H,36,43)(H2,33,34,37,38)/b10-7+/t20-/m1/s1. The van der Waals surface area contributed by atoms with Crippen LogP contribution in [-0.4, -0.2) is 65.6 Å². The Hall–Kier alpha value is -5.10. The molecule has 3 rings (SSSR count). The third-order valence-corrected chi connectivity index (χ3v) is 6.12. The summed E-state index contributed by atoms with van der Waals surface area (Å²) in [5, 5.41) is 11.8. The normalized spacial score (nSPS) is 11.7. The number of carbonyl (C=O) groups excluding carboxylic acids is 4. The van der Waals surface area contributed by atoms with Crippen LogP contribution in [0.4, 0.5) is 28.8 Å². The summed E-state index contributed by atoms with van der Waals surface area (Å²) in [6.07, 6.45) is 5.57. The van der Waals surface area contributed by atoms with E-state index < -0.39 is 17.7 Å². The number of ketones is 1. The van der Waals surface area contributed by atoms with Gasteiger partial charge in [-0.3, -0.25) is 19.2 Å². The first-order chi connectivity index (χ1) is 20.5. The fourth-order valence-corrected chi connectivity index (χ4v) is 3.83. The molecule has 3 amide bonds. The Morgan fingerprint density at radius 1 is 1.00 bits per heavy atom. The van der Waals surface area contributed by atoms with Crippen LogP contribution in [-0.2, 0) is 9.59 Å². The minimum Gasteiger partial charge on any atom is -0.369 e. The highest BCUT2D eigenvalue weighted by atomic mass is 16.2. The first-order valence-corrected chi connectivity index (χ1v) is 13.9. The van der Waals surface area contributed by atoms with Crippen molar-refractivity contribution >= 4 is 52.3 Å². The van der Waals surface area contributed by atoms with Crippen LogP contribution >= 0.6 is 0 Å². The van der Waals surface area contributed by atoms with Crippen molar-refractivity contribution in [1.82, 2.24) is 14.9 Å². The summed E-state index contributed by atoms with van der Waals surface area (Å²) >= 11 is 0. The molecule has 0 fully saturated rings. The summed E-state index contributed by atoms with van der Waals surface area (Å²) in [7, 11) is 3.81. The van der Waals surface area contributed by atoms with E-state index in [1.165, 1.54) is 12.3 Å². The second-order valence-electron chi connectivity index (χ2n) is 10.2. The molecule has 12 heteroatoms. The van der Waals surface area contributed by atoms with Gasteiger partial charge in [-0.25, -0.2) is 4.98 Å². The molecule has 1 atom stereocenters. The molecule has 1 aromatic heterocycles. The van der Waals surface area contributed by atoms with Crippen LogP contribution in [0.15, 0.2) is 66.9 Å². The zero-order valence-electron chi connectivity index (χ0n) is 24.8. The summed E-state index contributed by atoms with van der Waals surface area (Å²) in [5.41, 5.74) is 7.48. The predicted molar refractivity (Wildman–Crippen MR) is 169 cm³/mol. The van der Waals surface area contributed by atoms with Crippen LogP contribution in [0.3, 0.4) is 0 Å². The largest absolute Gasteiger partial charge is 0.369 e. The first-order valence-electron chi connectivity index (χ1n) is 13.9. The van der Waals surface area contributed by atoms with Gasteiger partial charge in [0.25, 0.3) is 5.91 Å². The number of hydrogen-bond donors (Lipinski definition) is 5.